The number of hydroxylamine groups is 1. The molecule has 1 atom stereocenters. The zero-order valence-electron chi connectivity index (χ0n) is 11.2. The zero-order valence-corrected chi connectivity index (χ0v) is 12.0. The van der Waals surface area contributed by atoms with Crippen molar-refractivity contribution in [2.75, 3.05) is 0 Å². The highest BCUT2D eigenvalue weighted by atomic mass is 32.2. The topological polar surface area (TPSA) is 75.1 Å². The molecule has 2 aromatic rings. The Labute approximate surface area is 121 Å². The summed E-state index contributed by atoms with van der Waals surface area (Å²) in [7, 11) is 0. The third kappa shape index (κ3) is 3.55. The van der Waals surface area contributed by atoms with Crippen LogP contribution < -0.4 is 5.48 Å². The molecule has 6 heteroatoms. The van der Waals surface area contributed by atoms with Crippen molar-refractivity contribution in [2.24, 2.45) is 0 Å². The van der Waals surface area contributed by atoms with Crippen LogP contribution in [-0.4, -0.2) is 21.1 Å². The standard InChI is InChI=1S/C14H15N3O2S/c1-9-8-10(2)16-14(15-9)20-12(13(18)17-19)11-6-4-3-5-7-11/h3-8,12,19H,1-2H3,(H,17,18). The van der Waals surface area contributed by atoms with E-state index in [4.69, 9.17) is 5.21 Å². The molecule has 1 aromatic heterocycles. The summed E-state index contributed by atoms with van der Waals surface area (Å²) in [6.45, 7) is 3.75. The Hall–Kier alpha value is -1.92. The fourth-order valence-electron chi connectivity index (χ4n) is 1.81. The van der Waals surface area contributed by atoms with Gasteiger partial charge in [-0.15, -0.1) is 0 Å². The van der Waals surface area contributed by atoms with Gasteiger partial charge in [-0.25, -0.2) is 15.4 Å². The van der Waals surface area contributed by atoms with Gasteiger partial charge in [0.25, 0.3) is 5.91 Å². The van der Waals surface area contributed by atoms with Crippen LogP contribution in [0.15, 0.2) is 41.6 Å². The number of carbonyl (C=O) groups is 1. The predicted octanol–water partition coefficient (Wildman–Crippen LogP) is 2.43. The van der Waals surface area contributed by atoms with Gasteiger partial charge in [0.1, 0.15) is 5.25 Å². The number of carbonyl (C=O) groups excluding carboxylic acids is 1. The molecule has 0 saturated heterocycles. The highest BCUT2D eigenvalue weighted by molar-refractivity contribution is 8.00. The second-order valence-electron chi connectivity index (χ2n) is 4.32. The number of nitrogens with zero attached hydrogens (tertiary/aromatic N) is 2. The van der Waals surface area contributed by atoms with Crippen LogP contribution in [0.2, 0.25) is 0 Å². The number of aryl methyl sites for hydroxylation is 2. The third-order valence-electron chi connectivity index (χ3n) is 2.64. The fourth-order valence-corrected chi connectivity index (χ4v) is 2.87. The first-order valence-corrected chi connectivity index (χ1v) is 6.96. The van der Waals surface area contributed by atoms with E-state index in [2.05, 4.69) is 9.97 Å². The van der Waals surface area contributed by atoms with E-state index in [1.807, 2.05) is 50.2 Å². The first-order valence-electron chi connectivity index (χ1n) is 6.08. The normalized spacial score (nSPS) is 11.9. The van der Waals surface area contributed by atoms with Gasteiger partial charge in [0.15, 0.2) is 5.16 Å². The molecule has 5 nitrogen and oxygen atoms in total. The quantitative estimate of drug-likeness (QED) is 0.391. The second-order valence-corrected chi connectivity index (χ2v) is 5.39. The molecule has 0 radical (unpaired) electrons. The number of hydrogen-bond acceptors (Lipinski definition) is 5. The Morgan fingerprint density at radius 3 is 2.35 bits per heavy atom. The maximum Gasteiger partial charge on any atom is 0.261 e. The van der Waals surface area contributed by atoms with Crippen molar-refractivity contribution in [2.45, 2.75) is 24.3 Å². The lowest BCUT2D eigenvalue weighted by molar-refractivity contribution is -0.128. The SMILES string of the molecule is Cc1cc(C)nc(SC(C(=O)NO)c2ccccc2)n1. The monoisotopic (exact) mass is 289 g/mol. The Kier molecular flexibility index (Phi) is 4.70. The minimum atomic E-state index is -0.595. The Morgan fingerprint density at radius 1 is 1.20 bits per heavy atom. The van der Waals surface area contributed by atoms with Crippen LogP contribution in [-0.2, 0) is 4.79 Å². The Bertz CT molecular complexity index is 584. The number of aromatic nitrogens is 2. The van der Waals surface area contributed by atoms with Gasteiger partial charge in [-0.1, -0.05) is 42.1 Å². The first kappa shape index (κ1) is 14.5. The van der Waals surface area contributed by atoms with Gasteiger partial charge < -0.3 is 0 Å². The molecular formula is C14H15N3O2S. The van der Waals surface area contributed by atoms with Crippen LogP contribution in [0.1, 0.15) is 22.2 Å². The summed E-state index contributed by atoms with van der Waals surface area (Å²) in [4.78, 5) is 20.5. The van der Waals surface area contributed by atoms with Crippen LogP contribution in [0, 0.1) is 13.8 Å². The lowest BCUT2D eigenvalue weighted by atomic mass is 10.1. The van der Waals surface area contributed by atoms with Gasteiger partial charge in [0.05, 0.1) is 0 Å². The van der Waals surface area contributed by atoms with Crippen molar-refractivity contribution in [3.63, 3.8) is 0 Å². The van der Waals surface area contributed by atoms with Gasteiger partial charge in [-0.3, -0.25) is 10.0 Å². The minimum absolute atomic E-state index is 0.496. The largest absolute Gasteiger partial charge is 0.289 e. The van der Waals surface area contributed by atoms with Crippen molar-refractivity contribution in [1.82, 2.24) is 15.4 Å². The van der Waals surface area contributed by atoms with Crippen LogP contribution in [0.5, 0.6) is 0 Å². The number of thioether (sulfide) groups is 1. The molecule has 0 aliphatic rings. The minimum Gasteiger partial charge on any atom is -0.289 e. The molecule has 1 amide bonds. The maximum atomic E-state index is 11.8. The third-order valence-corrected chi connectivity index (χ3v) is 3.75. The van der Waals surface area contributed by atoms with E-state index < -0.39 is 11.2 Å². The molecule has 0 fully saturated rings. The molecule has 1 aromatic carbocycles. The van der Waals surface area contributed by atoms with E-state index in [-0.39, 0.29) is 0 Å². The van der Waals surface area contributed by atoms with Crippen LogP contribution in [0.3, 0.4) is 0 Å². The molecule has 2 N–H and O–H groups in total. The molecule has 0 aliphatic heterocycles. The average molecular weight is 289 g/mol. The number of rotatable bonds is 4. The molecule has 0 bridgehead atoms. The second kappa shape index (κ2) is 6.49. The number of amides is 1. The van der Waals surface area contributed by atoms with E-state index in [1.54, 1.807) is 5.48 Å². The van der Waals surface area contributed by atoms with Gasteiger partial charge in [0, 0.05) is 11.4 Å². The number of benzene rings is 1. The Balaban J connectivity index is 2.31. The van der Waals surface area contributed by atoms with Gasteiger partial charge in [-0.2, -0.15) is 0 Å². The molecule has 0 saturated carbocycles. The molecule has 2 rings (SSSR count). The summed E-state index contributed by atoms with van der Waals surface area (Å²) in [5.41, 5.74) is 4.17. The van der Waals surface area contributed by atoms with E-state index in [1.165, 1.54) is 11.8 Å². The van der Waals surface area contributed by atoms with E-state index in [0.717, 1.165) is 17.0 Å². The van der Waals surface area contributed by atoms with Crippen LogP contribution in [0.4, 0.5) is 0 Å². The maximum absolute atomic E-state index is 11.8. The predicted molar refractivity (Wildman–Crippen MR) is 76.5 cm³/mol. The van der Waals surface area contributed by atoms with Crippen molar-refractivity contribution >= 4 is 17.7 Å². The molecule has 20 heavy (non-hydrogen) atoms. The average Bonchev–Trinajstić information content (AvgIpc) is 2.44. The zero-order chi connectivity index (χ0) is 14.5. The molecule has 1 heterocycles. The summed E-state index contributed by atoms with van der Waals surface area (Å²) in [5.74, 6) is -0.496. The molecule has 1 unspecified atom stereocenters. The first-order chi connectivity index (χ1) is 9.60. The van der Waals surface area contributed by atoms with Gasteiger partial charge in [0.2, 0.25) is 0 Å². The smallest absolute Gasteiger partial charge is 0.261 e. The van der Waals surface area contributed by atoms with Gasteiger partial charge >= 0.3 is 0 Å². The van der Waals surface area contributed by atoms with Crippen LogP contribution >= 0.6 is 11.8 Å². The van der Waals surface area contributed by atoms with Crippen molar-refractivity contribution in [3.8, 4) is 0 Å². The number of hydrogen-bond donors (Lipinski definition) is 2. The van der Waals surface area contributed by atoms with E-state index in [0.29, 0.717) is 5.16 Å². The summed E-state index contributed by atoms with van der Waals surface area (Å²) >= 11 is 1.21. The molecule has 0 spiro atoms. The molecular weight excluding hydrogens is 274 g/mol. The number of nitrogens with one attached hydrogen (secondary N) is 1. The van der Waals surface area contributed by atoms with E-state index in [9.17, 15) is 4.79 Å². The summed E-state index contributed by atoms with van der Waals surface area (Å²) in [6, 6.07) is 11.1. The fraction of sp³-hybridized carbons (Fsp3) is 0.214. The lowest BCUT2D eigenvalue weighted by Gasteiger charge is -2.14. The van der Waals surface area contributed by atoms with Gasteiger partial charge in [-0.05, 0) is 25.5 Å². The highest BCUT2D eigenvalue weighted by Gasteiger charge is 2.23. The van der Waals surface area contributed by atoms with Crippen molar-refractivity contribution < 1.29 is 10.0 Å². The molecule has 0 aliphatic carbocycles. The molecule has 104 valence electrons. The summed E-state index contributed by atoms with van der Waals surface area (Å²) in [6.07, 6.45) is 0. The summed E-state index contributed by atoms with van der Waals surface area (Å²) in [5, 5.41) is 8.82. The van der Waals surface area contributed by atoms with E-state index >= 15 is 0 Å². The van der Waals surface area contributed by atoms with Crippen LogP contribution in [0.25, 0.3) is 0 Å². The summed E-state index contributed by atoms with van der Waals surface area (Å²) < 4.78 is 0. The lowest BCUT2D eigenvalue weighted by Crippen LogP contribution is -2.24. The highest BCUT2D eigenvalue weighted by Crippen LogP contribution is 2.33. The Morgan fingerprint density at radius 2 is 1.80 bits per heavy atom. The van der Waals surface area contributed by atoms with Crippen molar-refractivity contribution in [3.05, 3.63) is 53.3 Å². The van der Waals surface area contributed by atoms with Crippen molar-refractivity contribution in [1.29, 1.82) is 0 Å².